The summed E-state index contributed by atoms with van der Waals surface area (Å²) in [6.07, 6.45) is -2.28. The Balaban J connectivity index is 1.31. The van der Waals surface area contributed by atoms with Crippen LogP contribution in [-0.4, -0.2) is 41.1 Å². The molecular formula is C20H21F3N4O2. The van der Waals surface area contributed by atoms with Crippen molar-refractivity contribution in [3.8, 4) is 0 Å². The van der Waals surface area contributed by atoms with Gasteiger partial charge in [-0.15, -0.1) is 0 Å². The Bertz CT molecular complexity index is 882. The minimum absolute atomic E-state index is 0.0385. The van der Waals surface area contributed by atoms with Crippen molar-refractivity contribution in [2.24, 2.45) is 0 Å². The van der Waals surface area contributed by atoms with Gasteiger partial charge in [-0.1, -0.05) is 24.3 Å². The molecule has 1 fully saturated rings. The number of hydrogen-bond donors (Lipinski definition) is 1. The van der Waals surface area contributed by atoms with Gasteiger partial charge in [0.05, 0.1) is 6.61 Å². The normalized spacial score (nSPS) is 20.2. The molecule has 1 aromatic carbocycles. The minimum Gasteiger partial charge on any atom is -0.363 e. The van der Waals surface area contributed by atoms with Gasteiger partial charge in [-0.3, -0.25) is 4.79 Å². The molecule has 2 aromatic rings. The Labute approximate surface area is 166 Å². The van der Waals surface area contributed by atoms with E-state index in [2.05, 4.69) is 15.3 Å². The predicted molar refractivity (Wildman–Crippen MR) is 99.1 cm³/mol. The SMILES string of the molecule is O=C(NC1CCN(c2cc(C(F)(F)F)ncn2)CC1)[C@@H]1Cc2ccccc2CO1. The second kappa shape index (κ2) is 7.98. The first kappa shape index (κ1) is 19.6. The van der Waals surface area contributed by atoms with Crippen LogP contribution in [-0.2, 0) is 28.7 Å². The number of anilines is 1. The zero-order chi connectivity index (χ0) is 20.4. The maximum absolute atomic E-state index is 12.8. The molecule has 1 saturated heterocycles. The number of nitrogens with one attached hydrogen (secondary N) is 1. The molecule has 0 aliphatic carbocycles. The molecule has 9 heteroatoms. The standard InChI is InChI=1S/C20H21F3N4O2/c21-20(22,23)17-10-18(25-12-24-17)27-7-5-15(6-8-27)26-19(28)16-9-13-3-1-2-4-14(13)11-29-16/h1-4,10,12,15-16H,5-9,11H2,(H,26,28)/t16-/m0/s1. The highest BCUT2D eigenvalue weighted by Gasteiger charge is 2.34. The molecule has 3 heterocycles. The van der Waals surface area contributed by atoms with Gasteiger partial charge < -0.3 is 15.0 Å². The molecule has 2 aliphatic rings. The van der Waals surface area contributed by atoms with E-state index in [1.54, 1.807) is 4.90 Å². The summed E-state index contributed by atoms with van der Waals surface area (Å²) in [5, 5.41) is 3.02. The molecule has 0 bridgehead atoms. The smallest absolute Gasteiger partial charge is 0.363 e. The first-order chi connectivity index (χ1) is 13.9. The predicted octanol–water partition coefficient (Wildman–Crippen LogP) is 2.72. The van der Waals surface area contributed by atoms with E-state index in [4.69, 9.17) is 4.74 Å². The van der Waals surface area contributed by atoms with Crippen molar-refractivity contribution in [3.63, 3.8) is 0 Å². The van der Waals surface area contributed by atoms with Crippen LogP contribution in [0.4, 0.5) is 19.0 Å². The number of amides is 1. The number of ether oxygens (including phenoxy) is 1. The highest BCUT2D eigenvalue weighted by atomic mass is 19.4. The van der Waals surface area contributed by atoms with Crippen molar-refractivity contribution < 1.29 is 22.7 Å². The molecule has 1 amide bonds. The van der Waals surface area contributed by atoms with E-state index in [-0.39, 0.29) is 17.8 Å². The molecule has 0 radical (unpaired) electrons. The summed E-state index contributed by atoms with van der Waals surface area (Å²) in [4.78, 5) is 21.6. The first-order valence-corrected chi connectivity index (χ1v) is 9.53. The number of benzene rings is 1. The molecule has 4 rings (SSSR count). The number of aromatic nitrogens is 2. The monoisotopic (exact) mass is 406 g/mol. The zero-order valence-electron chi connectivity index (χ0n) is 15.7. The van der Waals surface area contributed by atoms with E-state index < -0.39 is 18.0 Å². The Morgan fingerprint density at radius 2 is 1.86 bits per heavy atom. The molecular weight excluding hydrogens is 385 g/mol. The van der Waals surface area contributed by atoms with Crippen molar-refractivity contribution in [2.75, 3.05) is 18.0 Å². The number of rotatable bonds is 3. The summed E-state index contributed by atoms with van der Waals surface area (Å²) in [6, 6.07) is 8.83. The Morgan fingerprint density at radius 1 is 1.14 bits per heavy atom. The summed E-state index contributed by atoms with van der Waals surface area (Å²) in [7, 11) is 0. The van der Waals surface area contributed by atoms with E-state index in [9.17, 15) is 18.0 Å². The molecule has 2 aliphatic heterocycles. The van der Waals surface area contributed by atoms with E-state index >= 15 is 0 Å². The van der Waals surface area contributed by atoms with Gasteiger partial charge in [-0.05, 0) is 24.0 Å². The van der Waals surface area contributed by atoms with Crippen LogP contribution < -0.4 is 10.2 Å². The van der Waals surface area contributed by atoms with E-state index in [0.717, 1.165) is 23.5 Å². The van der Waals surface area contributed by atoms with Crippen LogP contribution in [0.25, 0.3) is 0 Å². The fourth-order valence-electron chi connectivity index (χ4n) is 3.74. The van der Waals surface area contributed by atoms with Crippen LogP contribution >= 0.6 is 0 Å². The number of halogens is 3. The Hall–Kier alpha value is -2.68. The highest BCUT2D eigenvalue weighted by molar-refractivity contribution is 5.81. The zero-order valence-corrected chi connectivity index (χ0v) is 15.7. The van der Waals surface area contributed by atoms with Gasteiger partial charge in [0, 0.05) is 31.6 Å². The van der Waals surface area contributed by atoms with Crippen LogP contribution in [0.1, 0.15) is 29.7 Å². The van der Waals surface area contributed by atoms with Gasteiger partial charge in [0.2, 0.25) is 5.91 Å². The summed E-state index contributed by atoms with van der Waals surface area (Å²) in [6.45, 7) is 1.43. The average molecular weight is 406 g/mol. The Kier molecular flexibility index (Phi) is 5.40. The summed E-state index contributed by atoms with van der Waals surface area (Å²) in [5.41, 5.74) is 1.28. The molecule has 0 unspecified atom stereocenters. The number of fused-ring (bicyclic) bond motifs is 1. The van der Waals surface area contributed by atoms with Gasteiger partial charge in [0.25, 0.3) is 0 Å². The lowest BCUT2D eigenvalue weighted by Crippen LogP contribution is -2.49. The van der Waals surface area contributed by atoms with E-state index in [1.807, 2.05) is 24.3 Å². The molecule has 1 N–H and O–H groups in total. The fourth-order valence-corrected chi connectivity index (χ4v) is 3.74. The molecule has 1 atom stereocenters. The first-order valence-electron chi connectivity index (χ1n) is 9.53. The van der Waals surface area contributed by atoms with Crippen molar-refractivity contribution in [2.45, 2.75) is 44.2 Å². The van der Waals surface area contributed by atoms with Crippen LogP contribution in [0.5, 0.6) is 0 Å². The third kappa shape index (κ3) is 4.50. The van der Waals surface area contributed by atoms with Gasteiger partial charge in [0.15, 0.2) is 0 Å². The Morgan fingerprint density at radius 3 is 2.59 bits per heavy atom. The van der Waals surface area contributed by atoms with Gasteiger partial charge in [-0.2, -0.15) is 13.2 Å². The lowest BCUT2D eigenvalue weighted by atomic mass is 9.98. The summed E-state index contributed by atoms with van der Waals surface area (Å²) >= 11 is 0. The molecule has 1 aromatic heterocycles. The summed E-state index contributed by atoms with van der Waals surface area (Å²) < 4.78 is 44.2. The quantitative estimate of drug-likeness (QED) is 0.849. The third-order valence-electron chi connectivity index (χ3n) is 5.36. The van der Waals surface area contributed by atoms with E-state index in [1.165, 1.54) is 0 Å². The number of piperidine rings is 1. The van der Waals surface area contributed by atoms with Crippen molar-refractivity contribution in [1.29, 1.82) is 0 Å². The maximum atomic E-state index is 12.8. The minimum atomic E-state index is -4.50. The highest BCUT2D eigenvalue weighted by Crippen LogP contribution is 2.29. The topological polar surface area (TPSA) is 67.4 Å². The average Bonchev–Trinajstić information content (AvgIpc) is 2.73. The largest absolute Gasteiger partial charge is 0.433 e. The molecule has 154 valence electrons. The molecule has 6 nitrogen and oxygen atoms in total. The van der Waals surface area contributed by atoms with Crippen LogP contribution in [0, 0.1) is 0 Å². The van der Waals surface area contributed by atoms with E-state index in [0.29, 0.717) is 39.0 Å². The van der Waals surface area contributed by atoms with Crippen LogP contribution in [0.2, 0.25) is 0 Å². The molecule has 0 saturated carbocycles. The van der Waals surface area contributed by atoms with Crippen molar-refractivity contribution in [1.82, 2.24) is 15.3 Å². The fraction of sp³-hybridized carbons (Fsp3) is 0.450. The second-order valence-electron chi connectivity index (χ2n) is 7.30. The maximum Gasteiger partial charge on any atom is 0.433 e. The van der Waals surface area contributed by atoms with Gasteiger partial charge in [0.1, 0.15) is 23.9 Å². The number of carbonyl (C=O) groups is 1. The molecule has 29 heavy (non-hydrogen) atoms. The van der Waals surface area contributed by atoms with Crippen LogP contribution in [0.15, 0.2) is 36.7 Å². The lowest BCUT2D eigenvalue weighted by molar-refractivity contribution is -0.141. The number of alkyl halides is 3. The molecule has 0 spiro atoms. The lowest BCUT2D eigenvalue weighted by Gasteiger charge is -2.34. The van der Waals surface area contributed by atoms with Gasteiger partial charge >= 0.3 is 6.18 Å². The summed E-state index contributed by atoms with van der Waals surface area (Å²) in [5.74, 6) is 0.115. The second-order valence-corrected chi connectivity index (χ2v) is 7.30. The number of hydrogen-bond acceptors (Lipinski definition) is 5. The number of nitrogens with zero attached hydrogens (tertiary/aromatic N) is 3. The third-order valence-corrected chi connectivity index (χ3v) is 5.36. The van der Waals surface area contributed by atoms with Gasteiger partial charge in [-0.25, -0.2) is 9.97 Å². The van der Waals surface area contributed by atoms with Crippen molar-refractivity contribution >= 4 is 11.7 Å². The van der Waals surface area contributed by atoms with Crippen LogP contribution in [0.3, 0.4) is 0 Å². The van der Waals surface area contributed by atoms with Crippen molar-refractivity contribution in [3.05, 3.63) is 53.5 Å². The number of carbonyl (C=O) groups excluding carboxylic acids is 1.